The van der Waals surface area contributed by atoms with Gasteiger partial charge in [0, 0.05) is 29.0 Å². The predicted molar refractivity (Wildman–Crippen MR) is 114 cm³/mol. The summed E-state index contributed by atoms with van der Waals surface area (Å²) in [5.41, 5.74) is -0.592. The third-order valence-electron chi connectivity index (χ3n) is 7.31. The van der Waals surface area contributed by atoms with Crippen molar-refractivity contribution in [3.63, 3.8) is 0 Å². The van der Waals surface area contributed by atoms with Gasteiger partial charge >= 0.3 is 12.2 Å². The molecule has 3 atom stereocenters. The van der Waals surface area contributed by atoms with Crippen molar-refractivity contribution >= 4 is 11.9 Å². The van der Waals surface area contributed by atoms with E-state index in [0.29, 0.717) is 16.7 Å². The minimum Gasteiger partial charge on any atom is -0.335 e. The van der Waals surface area contributed by atoms with Crippen molar-refractivity contribution in [2.24, 2.45) is 5.92 Å². The summed E-state index contributed by atoms with van der Waals surface area (Å²) in [6, 6.07) is 8.26. The average molecular weight is 442 g/mol. The van der Waals surface area contributed by atoms with E-state index < -0.39 is 41.1 Å². The van der Waals surface area contributed by atoms with Gasteiger partial charge in [-0.2, -0.15) is 13.2 Å². The second kappa shape index (κ2) is 7.36. The monoisotopic (exact) mass is 442 g/mol. The molecule has 168 valence electrons. The Morgan fingerprint density at radius 3 is 2.47 bits per heavy atom. The number of hydrogen-bond acceptors (Lipinski definition) is 2. The van der Waals surface area contributed by atoms with Gasteiger partial charge in [-0.15, -0.1) is 0 Å². The van der Waals surface area contributed by atoms with E-state index >= 15 is 0 Å². The number of imide groups is 1. The molecule has 32 heavy (non-hydrogen) atoms. The van der Waals surface area contributed by atoms with E-state index in [9.17, 15) is 22.8 Å². The maximum Gasteiger partial charge on any atom is 0.413 e. The Bertz CT molecular complexity index is 1050. The van der Waals surface area contributed by atoms with Crippen LogP contribution in [0.3, 0.4) is 0 Å². The zero-order valence-corrected chi connectivity index (χ0v) is 17.8. The molecule has 6 rings (SSSR count). The third kappa shape index (κ3) is 3.05. The number of amides is 3. The Balaban J connectivity index is 1.63. The summed E-state index contributed by atoms with van der Waals surface area (Å²) < 4.78 is 42.3. The van der Waals surface area contributed by atoms with E-state index in [1.165, 1.54) is 6.08 Å². The smallest absolute Gasteiger partial charge is 0.335 e. The van der Waals surface area contributed by atoms with Crippen LogP contribution in [0.15, 0.2) is 65.3 Å². The molecule has 5 aliphatic rings. The first-order chi connectivity index (χ1) is 15.2. The van der Waals surface area contributed by atoms with Gasteiger partial charge in [-0.3, -0.25) is 4.79 Å². The van der Waals surface area contributed by atoms with E-state index in [4.69, 9.17) is 0 Å². The number of nitrogens with zero attached hydrogens (tertiary/aromatic N) is 1. The normalized spacial score (nSPS) is 29.9. The molecule has 1 aromatic carbocycles. The number of urea groups is 1. The number of nitrogens with one attached hydrogen (secondary N) is 1. The van der Waals surface area contributed by atoms with Crippen molar-refractivity contribution in [2.45, 2.75) is 62.7 Å². The molecule has 1 saturated carbocycles. The fourth-order valence-corrected chi connectivity index (χ4v) is 5.92. The lowest BCUT2D eigenvalue weighted by molar-refractivity contribution is -0.125. The SMILES string of the molecule is CC1=C2C(c3ccccc3)C3C=CC2(C=C3C(F)(F)F)N(C(=O)NC2CCCCC2)C1=O. The molecule has 1 aromatic rings. The van der Waals surface area contributed by atoms with Crippen molar-refractivity contribution in [3.05, 3.63) is 70.8 Å². The summed E-state index contributed by atoms with van der Waals surface area (Å²) in [6.45, 7) is 1.62. The van der Waals surface area contributed by atoms with Crippen LogP contribution in [-0.4, -0.2) is 34.6 Å². The first-order valence-corrected chi connectivity index (χ1v) is 11.1. The van der Waals surface area contributed by atoms with E-state index in [1.54, 1.807) is 37.3 Å². The molecule has 3 unspecified atom stereocenters. The summed E-state index contributed by atoms with van der Waals surface area (Å²) in [5, 5.41) is 2.92. The molecule has 1 spiro atoms. The zero-order chi connectivity index (χ0) is 22.7. The van der Waals surface area contributed by atoms with Gasteiger partial charge in [0.1, 0.15) is 5.54 Å². The molecule has 0 aromatic heterocycles. The highest BCUT2D eigenvalue weighted by atomic mass is 19.4. The number of benzene rings is 1. The van der Waals surface area contributed by atoms with Gasteiger partial charge in [0.15, 0.2) is 0 Å². The Morgan fingerprint density at radius 2 is 1.81 bits per heavy atom. The van der Waals surface area contributed by atoms with Crippen molar-refractivity contribution in [2.75, 3.05) is 0 Å². The van der Waals surface area contributed by atoms with Crippen LogP contribution < -0.4 is 5.32 Å². The summed E-state index contributed by atoms with van der Waals surface area (Å²) >= 11 is 0. The molecule has 1 aliphatic heterocycles. The minimum atomic E-state index is -4.56. The molecule has 1 heterocycles. The van der Waals surface area contributed by atoms with Gasteiger partial charge in [-0.1, -0.05) is 61.7 Å². The van der Waals surface area contributed by atoms with Crippen LogP contribution in [0.5, 0.6) is 0 Å². The zero-order valence-electron chi connectivity index (χ0n) is 17.8. The molecule has 1 fully saturated rings. The van der Waals surface area contributed by atoms with Crippen LogP contribution in [0, 0.1) is 5.92 Å². The summed E-state index contributed by atoms with van der Waals surface area (Å²) in [7, 11) is 0. The molecule has 4 nitrogen and oxygen atoms in total. The number of carbonyl (C=O) groups excluding carboxylic acids is 2. The lowest BCUT2D eigenvalue weighted by Crippen LogP contribution is -2.58. The standard InChI is InChI=1S/C25H25F3N2O2/c1-15-21-20(16-8-4-2-5-9-16)18-12-13-24(21,14-19(18)25(26,27)28)30(22(15)31)23(32)29-17-10-6-3-7-11-17/h2,4-5,8-9,12-14,17-18,20H,3,6-7,10-11H2,1H3,(H,29,32). The third-order valence-corrected chi connectivity index (χ3v) is 7.31. The van der Waals surface area contributed by atoms with Gasteiger partial charge in [-0.25, -0.2) is 9.69 Å². The van der Waals surface area contributed by atoms with Crippen LogP contribution in [0.2, 0.25) is 0 Å². The average Bonchev–Trinajstić information content (AvgIpc) is 3.00. The van der Waals surface area contributed by atoms with E-state index in [1.807, 2.05) is 6.07 Å². The molecule has 3 amide bonds. The van der Waals surface area contributed by atoms with Crippen LogP contribution in [0.25, 0.3) is 0 Å². The Hall–Kier alpha value is -2.83. The molecule has 4 aliphatic carbocycles. The fourth-order valence-electron chi connectivity index (χ4n) is 5.92. The minimum absolute atomic E-state index is 0.0651. The maximum atomic E-state index is 14.1. The molecule has 1 N–H and O–H groups in total. The molecule has 0 saturated heterocycles. The van der Waals surface area contributed by atoms with E-state index in [-0.39, 0.29) is 6.04 Å². The van der Waals surface area contributed by atoms with Gasteiger partial charge in [0.2, 0.25) is 0 Å². The van der Waals surface area contributed by atoms with E-state index in [2.05, 4.69) is 5.32 Å². The lowest BCUT2D eigenvalue weighted by atomic mass is 9.60. The lowest BCUT2D eigenvalue weighted by Gasteiger charge is -2.48. The first kappa shape index (κ1) is 21.0. The van der Waals surface area contributed by atoms with Gasteiger partial charge < -0.3 is 5.32 Å². The number of rotatable bonds is 2. The topological polar surface area (TPSA) is 49.4 Å². The molecule has 2 bridgehead atoms. The van der Waals surface area contributed by atoms with Gasteiger partial charge in [0.25, 0.3) is 5.91 Å². The summed E-state index contributed by atoms with van der Waals surface area (Å²) in [6.07, 6.45) is 4.37. The highest BCUT2D eigenvalue weighted by Gasteiger charge is 2.61. The Kier molecular flexibility index (Phi) is 4.84. The second-order valence-electron chi connectivity index (χ2n) is 9.16. The largest absolute Gasteiger partial charge is 0.413 e. The number of hydrogen-bond donors (Lipinski definition) is 1. The van der Waals surface area contributed by atoms with Crippen LogP contribution in [-0.2, 0) is 4.79 Å². The predicted octanol–water partition coefficient (Wildman–Crippen LogP) is 5.40. The van der Waals surface area contributed by atoms with Gasteiger partial charge in [-0.05, 0) is 37.0 Å². The molecular formula is C25H25F3N2O2. The first-order valence-electron chi connectivity index (χ1n) is 11.1. The van der Waals surface area contributed by atoms with Crippen molar-refractivity contribution in [1.82, 2.24) is 10.2 Å². The summed E-state index contributed by atoms with van der Waals surface area (Å²) in [5.74, 6) is -2.11. The molecular weight excluding hydrogens is 417 g/mol. The van der Waals surface area contributed by atoms with Crippen LogP contribution in [0.4, 0.5) is 18.0 Å². The Labute approximate surface area is 184 Å². The highest BCUT2D eigenvalue weighted by molar-refractivity contribution is 6.10. The highest BCUT2D eigenvalue weighted by Crippen LogP contribution is 2.59. The van der Waals surface area contributed by atoms with Crippen LogP contribution in [0.1, 0.15) is 50.5 Å². The quantitative estimate of drug-likeness (QED) is 0.624. The number of allylic oxidation sites excluding steroid dienone is 2. The van der Waals surface area contributed by atoms with Crippen molar-refractivity contribution in [1.29, 1.82) is 0 Å². The van der Waals surface area contributed by atoms with E-state index in [0.717, 1.165) is 43.1 Å². The van der Waals surface area contributed by atoms with Gasteiger partial charge in [0.05, 0.1) is 0 Å². The second-order valence-corrected chi connectivity index (χ2v) is 9.16. The number of alkyl halides is 3. The number of halogens is 3. The fraction of sp³-hybridized carbons (Fsp3) is 0.440. The number of carbonyl (C=O) groups is 2. The summed E-state index contributed by atoms with van der Waals surface area (Å²) in [4.78, 5) is 27.7. The van der Waals surface area contributed by atoms with Crippen molar-refractivity contribution in [3.8, 4) is 0 Å². The van der Waals surface area contributed by atoms with Crippen LogP contribution >= 0.6 is 0 Å². The molecule has 0 radical (unpaired) electrons. The maximum absolute atomic E-state index is 14.1. The van der Waals surface area contributed by atoms with Crippen molar-refractivity contribution < 1.29 is 22.8 Å². The molecule has 7 heteroatoms. The Morgan fingerprint density at radius 1 is 1.12 bits per heavy atom.